The first-order valence-electron chi connectivity index (χ1n) is 8.77. The number of nitrogens with zero attached hydrogens (tertiary/aromatic N) is 3. The molecule has 142 valence electrons. The van der Waals surface area contributed by atoms with Crippen molar-refractivity contribution in [2.75, 3.05) is 5.32 Å². The summed E-state index contributed by atoms with van der Waals surface area (Å²) in [5, 5.41) is 3.45. The molecule has 0 bridgehead atoms. The number of benzene rings is 2. The zero-order chi connectivity index (χ0) is 19.8. The maximum atomic E-state index is 12.6. The lowest BCUT2D eigenvalue weighted by atomic mass is 10.1. The topological polar surface area (TPSA) is 74.1 Å². The first kappa shape index (κ1) is 18.7. The van der Waals surface area contributed by atoms with Crippen LogP contribution in [0, 0.1) is 0 Å². The van der Waals surface area contributed by atoms with Gasteiger partial charge in [-0.15, -0.1) is 0 Å². The molecule has 6 nitrogen and oxygen atoms in total. The number of anilines is 1. The van der Waals surface area contributed by atoms with Crippen LogP contribution in [0.25, 0.3) is 0 Å². The van der Waals surface area contributed by atoms with Crippen LogP contribution in [0.15, 0.2) is 58.5 Å². The Balaban J connectivity index is 1.57. The maximum absolute atomic E-state index is 12.6. The Morgan fingerprint density at radius 1 is 1.21 bits per heavy atom. The van der Waals surface area contributed by atoms with Gasteiger partial charge in [0.1, 0.15) is 11.9 Å². The number of amidine groups is 2. The number of carbonyl (C=O) groups excluding carboxylic acids is 2. The normalized spacial score (nSPS) is 18.8. The van der Waals surface area contributed by atoms with Crippen molar-refractivity contribution in [3.63, 3.8) is 0 Å². The van der Waals surface area contributed by atoms with Gasteiger partial charge in [0.2, 0.25) is 5.91 Å². The molecule has 0 radical (unpaired) electrons. The molecule has 0 fully saturated rings. The third-order valence-electron chi connectivity index (χ3n) is 4.42. The van der Waals surface area contributed by atoms with E-state index >= 15 is 0 Å². The molecule has 2 aliphatic rings. The summed E-state index contributed by atoms with van der Waals surface area (Å²) in [6, 6.07) is 14.0. The molecule has 2 atom stereocenters. The number of amides is 2. The number of fused-ring (bicyclic) bond motifs is 3. The van der Waals surface area contributed by atoms with E-state index in [4.69, 9.17) is 11.6 Å². The molecule has 0 aromatic heterocycles. The largest absolute Gasteiger partial charge is 0.325 e. The van der Waals surface area contributed by atoms with Crippen molar-refractivity contribution in [3.05, 3.63) is 59.1 Å². The predicted octanol–water partition coefficient (Wildman–Crippen LogP) is 4.08. The second kappa shape index (κ2) is 7.41. The fraction of sp³-hybridized carbons (Fsp3) is 0.200. The third-order valence-corrected chi connectivity index (χ3v) is 5.73. The second-order valence-electron chi connectivity index (χ2n) is 6.47. The van der Waals surface area contributed by atoms with E-state index in [-0.39, 0.29) is 11.8 Å². The first-order valence-corrected chi connectivity index (χ1v) is 10.0. The molecule has 0 saturated heterocycles. The van der Waals surface area contributed by atoms with Crippen molar-refractivity contribution in [2.24, 2.45) is 9.98 Å². The SMILES string of the molecule is C[C@@H]1N=C2c3ccccc3N=C(S[C@H](C)C(=O)Nc3ccc(Cl)cc3)N2C1=O. The summed E-state index contributed by atoms with van der Waals surface area (Å²) < 4.78 is 0. The Kier molecular flexibility index (Phi) is 4.95. The van der Waals surface area contributed by atoms with Gasteiger partial charge >= 0.3 is 0 Å². The molecule has 8 heteroatoms. The lowest BCUT2D eigenvalue weighted by Crippen LogP contribution is -2.41. The highest BCUT2D eigenvalue weighted by Crippen LogP contribution is 2.34. The number of thioether (sulfide) groups is 1. The van der Waals surface area contributed by atoms with Gasteiger partial charge < -0.3 is 5.32 Å². The third kappa shape index (κ3) is 3.43. The number of aliphatic imine (C=N–C) groups is 2. The van der Waals surface area contributed by atoms with Gasteiger partial charge in [-0.25, -0.2) is 9.89 Å². The predicted molar refractivity (Wildman–Crippen MR) is 114 cm³/mol. The van der Waals surface area contributed by atoms with Gasteiger partial charge in [-0.05, 0) is 50.2 Å². The fourth-order valence-corrected chi connectivity index (χ4v) is 3.98. The molecule has 2 amide bonds. The molecule has 0 unspecified atom stereocenters. The van der Waals surface area contributed by atoms with E-state index in [1.165, 1.54) is 16.7 Å². The molecule has 0 saturated carbocycles. The summed E-state index contributed by atoms with van der Waals surface area (Å²) in [6.45, 7) is 3.54. The van der Waals surface area contributed by atoms with E-state index < -0.39 is 11.3 Å². The standard InChI is InChI=1S/C20H17ClN4O2S/c1-11-19(27)25-17(22-11)15-5-3-4-6-16(15)24-20(25)28-12(2)18(26)23-14-9-7-13(21)8-10-14/h3-12H,1-2H3,(H,23,26)/t11-,12+/m0/s1. The van der Waals surface area contributed by atoms with Crippen LogP contribution in [0.3, 0.4) is 0 Å². The molecule has 1 N–H and O–H groups in total. The van der Waals surface area contributed by atoms with Gasteiger partial charge in [0.05, 0.1) is 10.9 Å². The first-order chi connectivity index (χ1) is 13.4. The molecule has 2 aromatic rings. The van der Waals surface area contributed by atoms with Crippen LogP contribution < -0.4 is 5.32 Å². The van der Waals surface area contributed by atoms with Gasteiger partial charge in [0.15, 0.2) is 5.17 Å². The van der Waals surface area contributed by atoms with Gasteiger partial charge in [0.25, 0.3) is 5.91 Å². The van der Waals surface area contributed by atoms with Crippen LogP contribution >= 0.6 is 23.4 Å². The zero-order valence-corrected chi connectivity index (χ0v) is 16.8. The number of para-hydroxylation sites is 1. The van der Waals surface area contributed by atoms with E-state index in [1.54, 1.807) is 38.1 Å². The average Bonchev–Trinajstić information content (AvgIpc) is 2.99. The van der Waals surface area contributed by atoms with E-state index in [0.29, 0.717) is 21.7 Å². The van der Waals surface area contributed by atoms with Crippen molar-refractivity contribution in [2.45, 2.75) is 25.1 Å². The molecule has 0 spiro atoms. The minimum absolute atomic E-state index is 0.138. The number of carbonyl (C=O) groups is 2. The molecular weight excluding hydrogens is 396 g/mol. The van der Waals surface area contributed by atoms with Crippen LogP contribution in [-0.4, -0.2) is 39.0 Å². The minimum Gasteiger partial charge on any atom is -0.325 e. The van der Waals surface area contributed by atoms with E-state index in [1.807, 2.05) is 24.3 Å². The molecule has 28 heavy (non-hydrogen) atoms. The summed E-state index contributed by atoms with van der Waals surface area (Å²) in [6.07, 6.45) is 0. The van der Waals surface area contributed by atoms with Crippen LogP contribution in [0.5, 0.6) is 0 Å². The summed E-state index contributed by atoms with van der Waals surface area (Å²) in [7, 11) is 0. The molecule has 2 heterocycles. The van der Waals surface area contributed by atoms with Crippen molar-refractivity contribution >= 4 is 57.6 Å². The smallest absolute Gasteiger partial charge is 0.258 e. The van der Waals surface area contributed by atoms with Crippen molar-refractivity contribution in [1.82, 2.24) is 4.90 Å². The number of nitrogens with one attached hydrogen (secondary N) is 1. The van der Waals surface area contributed by atoms with Crippen molar-refractivity contribution in [1.29, 1.82) is 0 Å². The Morgan fingerprint density at radius 2 is 1.93 bits per heavy atom. The number of halogens is 1. The van der Waals surface area contributed by atoms with Crippen LogP contribution in [0.2, 0.25) is 5.02 Å². The Labute approximate surface area is 171 Å². The van der Waals surface area contributed by atoms with Gasteiger partial charge in [-0.1, -0.05) is 35.5 Å². The number of hydrogen-bond donors (Lipinski definition) is 1. The summed E-state index contributed by atoms with van der Waals surface area (Å²) in [5.41, 5.74) is 2.22. The number of hydrogen-bond acceptors (Lipinski definition) is 5. The summed E-state index contributed by atoms with van der Waals surface area (Å²) >= 11 is 7.11. The fourth-order valence-electron chi connectivity index (χ4n) is 2.94. The van der Waals surface area contributed by atoms with Crippen LogP contribution in [0.4, 0.5) is 11.4 Å². The van der Waals surface area contributed by atoms with E-state index in [9.17, 15) is 9.59 Å². The van der Waals surface area contributed by atoms with Gasteiger partial charge in [0, 0.05) is 16.3 Å². The highest BCUT2D eigenvalue weighted by molar-refractivity contribution is 8.15. The van der Waals surface area contributed by atoms with Gasteiger partial charge in [-0.2, -0.15) is 0 Å². The van der Waals surface area contributed by atoms with Gasteiger partial charge in [-0.3, -0.25) is 14.6 Å². The Hall–Kier alpha value is -2.64. The zero-order valence-electron chi connectivity index (χ0n) is 15.2. The quantitative estimate of drug-likeness (QED) is 0.825. The van der Waals surface area contributed by atoms with E-state index in [0.717, 1.165) is 11.3 Å². The van der Waals surface area contributed by atoms with E-state index in [2.05, 4.69) is 15.3 Å². The summed E-state index contributed by atoms with van der Waals surface area (Å²) in [4.78, 5) is 35.9. The maximum Gasteiger partial charge on any atom is 0.258 e. The highest BCUT2D eigenvalue weighted by atomic mass is 35.5. The molecule has 2 aromatic carbocycles. The highest BCUT2D eigenvalue weighted by Gasteiger charge is 2.40. The summed E-state index contributed by atoms with van der Waals surface area (Å²) in [5.74, 6) is 0.268. The molecule has 2 aliphatic heterocycles. The Morgan fingerprint density at radius 3 is 2.68 bits per heavy atom. The lowest BCUT2D eigenvalue weighted by Gasteiger charge is -2.26. The van der Waals surface area contributed by atoms with Crippen molar-refractivity contribution in [3.8, 4) is 0 Å². The van der Waals surface area contributed by atoms with Crippen LogP contribution in [0.1, 0.15) is 19.4 Å². The monoisotopic (exact) mass is 412 g/mol. The molecular formula is C20H17ClN4O2S. The average molecular weight is 413 g/mol. The van der Waals surface area contributed by atoms with Crippen molar-refractivity contribution < 1.29 is 9.59 Å². The number of rotatable bonds is 3. The lowest BCUT2D eigenvalue weighted by molar-refractivity contribution is -0.124. The minimum atomic E-state index is -0.468. The molecule has 0 aliphatic carbocycles. The van der Waals surface area contributed by atoms with Crippen LogP contribution in [-0.2, 0) is 9.59 Å². The second-order valence-corrected chi connectivity index (χ2v) is 8.21. The molecule has 4 rings (SSSR count). The Bertz CT molecular complexity index is 1020.